The molecule has 1 aromatic heterocycles. The van der Waals surface area contributed by atoms with Crippen molar-refractivity contribution < 1.29 is 0 Å². The van der Waals surface area contributed by atoms with Crippen LogP contribution in [0.3, 0.4) is 0 Å². The van der Waals surface area contributed by atoms with Crippen LogP contribution in [-0.4, -0.2) is 20.5 Å². The van der Waals surface area contributed by atoms with Gasteiger partial charge in [0.15, 0.2) is 0 Å². The van der Waals surface area contributed by atoms with Gasteiger partial charge < -0.3 is 11.5 Å². The smallest absolute Gasteiger partial charge is 0.243 e. The Labute approximate surface area is 101 Å². The molecule has 0 aromatic carbocycles. The van der Waals surface area contributed by atoms with Crippen LogP contribution in [0.25, 0.3) is 0 Å². The highest BCUT2D eigenvalue weighted by Crippen LogP contribution is 2.29. The summed E-state index contributed by atoms with van der Waals surface area (Å²) in [4.78, 5) is 11.5. The van der Waals surface area contributed by atoms with Crippen LogP contribution in [0.1, 0.15) is 34.6 Å². The lowest BCUT2D eigenvalue weighted by Gasteiger charge is -2.39. The van der Waals surface area contributed by atoms with E-state index >= 15 is 0 Å². The number of nitrogen functional groups attached to an aromatic ring is 2. The summed E-state index contributed by atoms with van der Waals surface area (Å²) in [5.41, 5.74) is 16.9. The molecule has 1 heterocycles. The molecule has 0 amide bonds. The van der Waals surface area contributed by atoms with Crippen LogP contribution in [0.4, 0.5) is 17.8 Å². The molecule has 1 rings (SSSR count). The second kappa shape index (κ2) is 4.33. The monoisotopic (exact) mass is 239 g/mol. The maximum absolute atomic E-state index is 5.47. The van der Waals surface area contributed by atoms with Crippen molar-refractivity contribution in [3.63, 3.8) is 0 Å². The number of hydrazine groups is 1. The van der Waals surface area contributed by atoms with E-state index in [2.05, 4.69) is 60.4 Å². The molecule has 0 spiro atoms. The van der Waals surface area contributed by atoms with Gasteiger partial charge in [0.05, 0.1) is 0 Å². The Balaban J connectivity index is 2.74. The third-order valence-corrected chi connectivity index (χ3v) is 3.03. The average Bonchev–Trinajstić information content (AvgIpc) is 2.11. The van der Waals surface area contributed by atoms with E-state index in [1.165, 1.54) is 0 Å². The molecule has 96 valence electrons. The summed E-state index contributed by atoms with van der Waals surface area (Å²) in [5, 5.41) is 0. The maximum Gasteiger partial charge on any atom is 0.243 e. The van der Waals surface area contributed by atoms with Crippen molar-refractivity contribution in [2.75, 3.05) is 16.9 Å². The molecule has 7 heteroatoms. The van der Waals surface area contributed by atoms with Gasteiger partial charge in [-0.2, -0.15) is 15.0 Å². The number of nitrogens with one attached hydrogen (secondary N) is 2. The van der Waals surface area contributed by atoms with E-state index in [4.69, 9.17) is 11.5 Å². The molecule has 0 fully saturated rings. The molecule has 0 aliphatic rings. The van der Waals surface area contributed by atoms with Crippen molar-refractivity contribution in [1.82, 2.24) is 20.4 Å². The minimum absolute atomic E-state index is 0.0596. The second-order valence-corrected chi connectivity index (χ2v) is 5.50. The molecular weight excluding hydrogens is 218 g/mol. The maximum atomic E-state index is 5.47. The summed E-state index contributed by atoms with van der Waals surface area (Å²) >= 11 is 0. The van der Waals surface area contributed by atoms with E-state index in [1.54, 1.807) is 0 Å². The Kier molecular flexibility index (Phi) is 3.42. The SMILES string of the molecule is CC(C)(C)C(C)(C)NNc1nc(N)nc(N)n1. The molecule has 6 N–H and O–H groups in total. The van der Waals surface area contributed by atoms with Crippen molar-refractivity contribution >= 4 is 17.8 Å². The lowest BCUT2D eigenvalue weighted by Crippen LogP contribution is -2.52. The van der Waals surface area contributed by atoms with Gasteiger partial charge in [0.25, 0.3) is 0 Å². The third kappa shape index (κ3) is 3.42. The first kappa shape index (κ1) is 13.4. The van der Waals surface area contributed by atoms with E-state index in [1.807, 2.05) is 0 Å². The fourth-order valence-corrected chi connectivity index (χ4v) is 0.865. The Hall–Kier alpha value is -1.63. The first-order chi connectivity index (χ1) is 7.62. The highest BCUT2D eigenvalue weighted by molar-refractivity contribution is 5.36. The predicted octanol–water partition coefficient (Wildman–Crippen LogP) is 0.777. The lowest BCUT2D eigenvalue weighted by atomic mass is 9.77. The molecule has 0 unspecified atom stereocenters. The van der Waals surface area contributed by atoms with Gasteiger partial charge in [0.1, 0.15) is 0 Å². The zero-order chi connectivity index (χ0) is 13.3. The predicted molar refractivity (Wildman–Crippen MR) is 68.9 cm³/mol. The van der Waals surface area contributed by atoms with Crippen LogP contribution in [0.15, 0.2) is 0 Å². The Morgan fingerprint density at radius 2 is 1.35 bits per heavy atom. The molecule has 7 nitrogen and oxygen atoms in total. The summed E-state index contributed by atoms with van der Waals surface area (Å²) in [6.45, 7) is 10.6. The fraction of sp³-hybridized carbons (Fsp3) is 0.700. The molecule has 0 aliphatic heterocycles. The molecule has 0 saturated heterocycles. The molecule has 0 saturated carbocycles. The van der Waals surface area contributed by atoms with E-state index in [0.29, 0.717) is 5.95 Å². The normalized spacial score (nSPS) is 12.5. The number of rotatable bonds is 3. The van der Waals surface area contributed by atoms with Crippen LogP contribution in [-0.2, 0) is 0 Å². The van der Waals surface area contributed by atoms with Gasteiger partial charge in [-0.05, 0) is 19.3 Å². The molecular formula is C10H21N7. The number of nitrogens with two attached hydrogens (primary N) is 2. The largest absolute Gasteiger partial charge is 0.368 e. The molecule has 0 radical (unpaired) electrons. The van der Waals surface area contributed by atoms with E-state index in [-0.39, 0.29) is 22.9 Å². The quantitative estimate of drug-likeness (QED) is 0.576. The van der Waals surface area contributed by atoms with Gasteiger partial charge in [-0.3, -0.25) is 5.43 Å². The van der Waals surface area contributed by atoms with Gasteiger partial charge in [-0.25, -0.2) is 5.43 Å². The summed E-state index contributed by atoms with van der Waals surface area (Å²) in [5.74, 6) is 0.498. The number of aromatic nitrogens is 3. The molecule has 1 aromatic rings. The highest BCUT2D eigenvalue weighted by atomic mass is 15.4. The van der Waals surface area contributed by atoms with Crippen molar-refractivity contribution in [2.24, 2.45) is 5.41 Å². The minimum atomic E-state index is -0.164. The summed E-state index contributed by atoms with van der Waals surface area (Å²) in [6.07, 6.45) is 0. The number of hydrogen-bond donors (Lipinski definition) is 4. The second-order valence-electron chi connectivity index (χ2n) is 5.50. The highest BCUT2D eigenvalue weighted by Gasteiger charge is 2.32. The molecule has 0 atom stereocenters. The standard InChI is InChI=1S/C10H21N7/c1-9(2,3)10(4,5)17-16-8-14-6(11)13-7(12)15-8/h17H,1-5H3,(H5,11,12,13,14,15,16). The third-order valence-electron chi connectivity index (χ3n) is 3.03. The van der Waals surface area contributed by atoms with E-state index in [9.17, 15) is 0 Å². The van der Waals surface area contributed by atoms with E-state index < -0.39 is 0 Å². The van der Waals surface area contributed by atoms with Gasteiger partial charge in [0, 0.05) is 5.54 Å². The van der Waals surface area contributed by atoms with Crippen LogP contribution < -0.4 is 22.3 Å². The van der Waals surface area contributed by atoms with Crippen molar-refractivity contribution in [1.29, 1.82) is 0 Å². The van der Waals surface area contributed by atoms with E-state index in [0.717, 1.165) is 0 Å². The summed E-state index contributed by atoms with van der Waals surface area (Å²) < 4.78 is 0. The molecule has 17 heavy (non-hydrogen) atoms. The van der Waals surface area contributed by atoms with Crippen molar-refractivity contribution in [2.45, 2.75) is 40.2 Å². The lowest BCUT2D eigenvalue weighted by molar-refractivity contribution is 0.188. The molecule has 0 bridgehead atoms. The van der Waals surface area contributed by atoms with Crippen molar-refractivity contribution in [3.05, 3.63) is 0 Å². The topological polar surface area (TPSA) is 115 Å². The van der Waals surface area contributed by atoms with Crippen LogP contribution in [0, 0.1) is 5.41 Å². The van der Waals surface area contributed by atoms with Gasteiger partial charge in [-0.1, -0.05) is 20.8 Å². The first-order valence-corrected chi connectivity index (χ1v) is 5.42. The Bertz CT molecular complexity index is 374. The van der Waals surface area contributed by atoms with Crippen molar-refractivity contribution in [3.8, 4) is 0 Å². The van der Waals surface area contributed by atoms with Gasteiger partial charge >= 0.3 is 0 Å². The van der Waals surface area contributed by atoms with Gasteiger partial charge in [-0.15, -0.1) is 0 Å². The average molecular weight is 239 g/mol. The first-order valence-electron chi connectivity index (χ1n) is 5.42. The summed E-state index contributed by atoms with van der Waals surface area (Å²) in [6, 6.07) is 0. The molecule has 0 aliphatic carbocycles. The zero-order valence-electron chi connectivity index (χ0n) is 11.0. The Morgan fingerprint density at radius 3 is 1.76 bits per heavy atom. The number of nitrogens with zero attached hydrogens (tertiary/aromatic N) is 3. The van der Waals surface area contributed by atoms with Crippen LogP contribution in [0.2, 0.25) is 0 Å². The minimum Gasteiger partial charge on any atom is -0.368 e. The zero-order valence-corrected chi connectivity index (χ0v) is 11.0. The van der Waals surface area contributed by atoms with Crippen LogP contribution in [0.5, 0.6) is 0 Å². The Morgan fingerprint density at radius 1 is 0.882 bits per heavy atom. The fourth-order valence-electron chi connectivity index (χ4n) is 0.865. The van der Waals surface area contributed by atoms with Gasteiger partial charge in [0.2, 0.25) is 17.8 Å². The number of anilines is 3. The summed E-state index contributed by atoms with van der Waals surface area (Å²) in [7, 11) is 0. The van der Waals surface area contributed by atoms with Crippen LogP contribution >= 0.6 is 0 Å². The number of hydrogen-bond acceptors (Lipinski definition) is 7.